The number of aliphatic hydroxyl groups is 8. The maximum Gasteiger partial charge on any atom is 0.187 e. The van der Waals surface area contributed by atoms with Crippen molar-refractivity contribution in [2.24, 2.45) is 32.9 Å². The molecule has 0 radical (unpaired) electrons. The van der Waals surface area contributed by atoms with Crippen LogP contribution in [0.15, 0.2) is 9.98 Å². The van der Waals surface area contributed by atoms with Gasteiger partial charge in [-0.25, -0.2) is 9.98 Å². The van der Waals surface area contributed by atoms with Crippen LogP contribution in [0.2, 0.25) is 0 Å². The lowest BCUT2D eigenvalue weighted by Crippen LogP contribution is -2.66. The summed E-state index contributed by atoms with van der Waals surface area (Å²) in [5, 5.41) is 86.6. The molecule has 2 aliphatic heterocycles. The molecule has 0 aromatic rings. The Balaban J connectivity index is 1.95. The summed E-state index contributed by atoms with van der Waals surface area (Å²) in [4.78, 5) is 7.63. The monoisotopic (exact) mass is 569 g/mol. The standard InChI is InChI=1S/C20H39N7O12/c1-4-20(35,3-28)14(38-16-7(25-2)10(31)12(33)15(34)39-16)17(36-4)37-13-6(27-19(23)24)8(29)5(26-18(21)22)9(30)11(13)32/h4-17,25,28-35H,3H2,1-2H3,(H4,21,22,26)(H4,23,24,27). The predicted molar refractivity (Wildman–Crippen MR) is 129 cm³/mol. The molecular weight excluding hydrogens is 530 g/mol. The van der Waals surface area contributed by atoms with Gasteiger partial charge in [0.15, 0.2) is 30.8 Å². The van der Waals surface area contributed by atoms with Crippen LogP contribution in [0.4, 0.5) is 0 Å². The molecule has 19 heteroatoms. The maximum atomic E-state index is 11.2. The molecule has 3 aliphatic rings. The van der Waals surface area contributed by atoms with E-state index in [1.165, 1.54) is 14.0 Å². The Morgan fingerprint density at radius 1 is 0.821 bits per heavy atom. The van der Waals surface area contributed by atoms with E-state index in [9.17, 15) is 40.9 Å². The number of likely N-dealkylation sites (N-methyl/N-ethyl adjacent to an activating group) is 1. The Morgan fingerprint density at radius 3 is 1.95 bits per heavy atom. The number of guanidine groups is 2. The molecule has 3 rings (SSSR count). The van der Waals surface area contributed by atoms with Crippen LogP contribution in [0, 0.1) is 0 Å². The van der Waals surface area contributed by atoms with Crippen molar-refractivity contribution in [1.82, 2.24) is 5.32 Å². The van der Waals surface area contributed by atoms with Crippen LogP contribution in [0.5, 0.6) is 0 Å². The molecule has 0 spiro atoms. The molecule has 226 valence electrons. The molecule has 0 aromatic heterocycles. The van der Waals surface area contributed by atoms with Gasteiger partial charge in [-0.2, -0.15) is 0 Å². The van der Waals surface area contributed by atoms with Gasteiger partial charge < -0.3 is 88.1 Å². The third-order valence-corrected chi connectivity index (χ3v) is 7.19. The van der Waals surface area contributed by atoms with Crippen molar-refractivity contribution < 1.29 is 59.8 Å². The fourth-order valence-corrected chi connectivity index (χ4v) is 4.93. The molecule has 0 bridgehead atoms. The van der Waals surface area contributed by atoms with E-state index in [1.54, 1.807) is 0 Å². The number of aliphatic imine (C=N–C) groups is 2. The molecule has 15 unspecified atom stereocenters. The minimum Gasteiger partial charge on any atom is -0.393 e. The van der Waals surface area contributed by atoms with Crippen molar-refractivity contribution in [3.8, 4) is 0 Å². The molecule has 1 saturated carbocycles. The molecule has 15 atom stereocenters. The predicted octanol–water partition coefficient (Wildman–Crippen LogP) is -8.41. The van der Waals surface area contributed by atoms with Gasteiger partial charge in [0.2, 0.25) is 0 Å². The highest BCUT2D eigenvalue weighted by Crippen LogP contribution is 2.39. The topological polar surface area (TPSA) is 340 Å². The Hall–Kier alpha value is -1.98. The van der Waals surface area contributed by atoms with Gasteiger partial charge in [0.1, 0.15) is 60.4 Å². The molecule has 2 heterocycles. The van der Waals surface area contributed by atoms with Crippen molar-refractivity contribution in [3.63, 3.8) is 0 Å². The number of nitrogens with two attached hydrogens (primary N) is 4. The van der Waals surface area contributed by atoms with Crippen LogP contribution < -0.4 is 28.3 Å². The van der Waals surface area contributed by atoms with Gasteiger partial charge in [-0.05, 0) is 14.0 Å². The number of hydrogen-bond donors (Lipinski definition) is 13. The van der Waals surface area contributed by atoms with Gasteiger partial charge in [-0.1, -0.05) is 0 Å². The number of rotatable bonds is 8. The van der Waals surface area contributed by atoms with Crippen LogP contribution in [-0.4, -0.2) is 158 Å². The Morgan fingerprint density at radius 2 is 1.41 bits per heavy atom. The smallest absolute Gasteiger partial charge is 0.187 e. The number of nitrogens with zero attached hydrogens (tertiary/aromatic N) is 2. The highest BCUT2D eigenvalue weighted by atomic mass is 16.8. The van der Waals surface area contributed by atoms with Crippen LogP contribution >= 0.6 is 0 Å². The molecule has 0 amide bonds. The fraction of sp³-hybridized carbons (Fsp3) is 0.900. The summed E-state index contributed by atoms with van der Waals surface area (Å²) < 4.78 is 22.6. The molecule has 17 N–H and O–H groups in total. The number of hydrogen-bond acceptors (Lipinski definition) is 15. The lowest BCUT2D eigenvalue weighted by atomic mass is 9.81. The summed E-state index contributed by atoms with van der Waals surface area (Å²) in [6.07, 6.45) is -18.0. The van der Waals surface area contributed by atoms with Crippen LogP contribution in [0.3, 0.4) is 0 Å². The van der Waals surface area contributed by atoms with E-state index in [1.807, 2.05) is 0 Å². The van der Waals surface area contributed by atoms with E-state index >= 15 is 0 Å². The van der Waals surface area contributed by atoms with E-state index in [2.05, 4.69) is 15.3 Å². The normalized spacial score (nSPS) is 48.5. The van der Waals surface area contributed by atoms with Gasteiger partial charge >= 0.3 is 0 Å². The quantitative estimate of drug-likeness (QED) is 0.0952. The summed E-state index contributed by atoms with van der Waals surface area (Å²) >= 11 is 0. The second-order valence-electron chi connectivity index (χ2n) is 9.70. The van der Waals surface area contributed by atoms with Gasteiger partial charge in [0.05, 0.1) is 18.8 Å². The van der Waals surface area contributed by atoms with Crippen molar-refractivity contribution in [2.75, 3.05) is 13.7 Å². The van der Waals surface area contributed by atoms with Crippen molar-refractivity contribution >= 4 is 11.9 Å². The molecular formula is C20H39N7O12. The summed E-state index contributed by atoms with van der Waals surface area (Å²) in [6, 6.07) is -4.07. The van der Waals surface area contributed by atoms with Gasteiger partial charge in [-0.3, -0.25) is 0 Å². The minimum atomic E-state index is -2.17. The minimum absolute atomic E-state index is 0.497. The van der Waals surface area contributed by atoms with Gasteiger partial charge in [0, 0.05) is 0 Å². The Bertz CT molecular complexity index is 895. The largest absolute Gasteiger partial charge is 0.393 e. The van der Waals surface area contributed by atoms with E-state index in [0.717, 1.165) is 0 Å². The number of aliphatic hydroxyl groups excluding tert-OH is 7. The number of nitrogens with one attached hydrogen (secondary N) is 1. The zero-order valence-corrected chi connectivity index (χ0v) is 21.2. The zero-order chi connectivity index (χ0) is 29.4. The first-order valence-corrected chi connectivity index (χ1v) is 12.1. The van der Waals surface area contributed by atoms with Gasteiger partial charge in [0.25, 0.3) is 0 Å². The van der Waals surface area contributed by atoms with Crippen LogP contribution in [0.1, 0.15) is 6.92 Å². The summed E-state index contributed by atoms with van der Waals surface area (Å²) in [7, 11) is 1.41. The first kappa shape index (κ1) is 31.5. The van der Waals surface area contributed by atoms with Crippen molar-refractivity contribution in [1.29, 1.82) is 0 Å². The van der Waals surface area contributed by atoms with Crippen LogP contribution in [-0.2, 0) is 18.9 Å². The Kier molecular flexibility index (Phi) is 9.92. The summed E-state index contributed by atoms with van der Waals surface area (Å²) in [5.74, 6) is -1.02. The fourth-order valence-electron chi connectivity index (χ4n) is 4.93. The molecule has 2 saturated heterocycles. The summed E-state index contributed by atoms with van der Waals surface area (Å²) in [5.41, 5.74) is 19.6. The van der Waals surface area contributed by atoms with E-state index in [4.69, 9.17) is 41.9 Å². The SMILES string of the molecule is CNC1C(OC2C(OC3C(O)C(O)C(N=C(N)N)C(O)C3N=C(N)N)OC(C)C2(O)CO)OC(O)C(O)C1O. The first-order chi connectivity index (χ1) is 18.2. The van der Waals surface area contributed by atoms with Crippen molar-refractivity contribution in [2.45, 2.75) is 98.4 Å². The second kappa shape index (κ2) is 12.3. The lowest BCUT2D eigenvalue weighted by molar-refractivity contribution is -0.345. The maximum absolute atomic E-state index is 11.2. The lowest BCUT2D eigenvalue weighted by Gasteiger charge is -2.45. The highest BCUT2D eigenvalue weighted by Gasteiger charge is 2.60. The van der Waals surface area contributed by atoms with E-state index < -0.39 is 110 Å². The second-order valence-corrected chi connectivity index (χ2v) is 9.70. The van der Waals surface area contributed by atoms with Gasteiger partial charge in [-0.15, -0.1) is 0 Å². The number of ether oxygens (including phenoxy) is 4. The van der Waals surface area contributed by atoms with E-state index in [0.29, 0.717) is 0 Å². The van der Waals surface area contributed by atoms with Crippen molar-refractivity contribution in [3.05, 3.63) is 0 Å². The molecule has 1 aliphatic carbocycles. The Labute approximate surface area is 222 Å². The average Bonchev–Trinajstić information content (AvgIpc) is 3.10. The molecule has 19 nitrogen and oxygen atoms in total. The average molecular weight is 570 g/mol. The molecule has 0 aromatic carbocycles. The molecule has 3 fully saturated rings. The highest BCUT2D eigenvalue weighted by molar-refractivity contribution is 5.76. The zero-order valence-electron chi connectivity index (χ0n) is 21.2. The molecule has 39 heavy (non-hydrogen) atoms. The van der Waals surface area contributed by atoms with Crippen LogP contribution in [0.25, 0.3) is 0 Å². The third kappa shape index (κ3) is 6.05. The third-order valence-electron chi connectivity index (χ3n) is 7.19. The summed E-state index contributed by atoms with van der Waals surface area (Å²) in [6.45, 7) is 0.454. The van der Waals surface area contributed by atoms with E-state index in [-0.39, 0.29) is 0 Å². The first-order valence-electron chi connectivity index (χ1n) is 12.1.